The van der Waals surface area contributed by atoms with Gasteiger partial charge in [0.2, 0.25) is 0 Å². The van der Waals surface area contributed by atoms with Crippen molar-refractivity contribution in [2.24, 2.45) is 0 Å². The van der Waals surface area contributed by atoms with Crippen LogP contribution in [0.1, 0.15) is 67.3 Å². The van der Waals surface area contributed by atoms with Gasteiger partial charge in [0.1, 0.15) is 0 Å². The number of ether oxygens (including phenoxy) is 2. The van der Waals surface area contributed by atoms with E-state index in [4.69, 9.17) is 14.6 Å². The molecule has 0 bridgehead atoms. The Bertz CT molecular complexity index is 1100. The SMILES string of the molecule is CCOC(=O)CCCCc1c(COC)nn2c(CC)ccc2c1-c1cncc(C(C)=O)c1. The molecule has 0 fully saturated rings. The van der Waals surface area contributed by atoms with Crippen molar-refractivity contribution < 1.29 is 19.1 Å². The minimum absolute atomic E-state index is 0.0258. The quantitative estimate of drug-likeness (QED) is 0.248. The molecule has 0 N–H and O–H groups in total. The summed E-state index contributed by atoms with van der Waals surface area (Å²) in [6, 6.07) is 6.04. The van der Waals surface area contributed by atoms with Gasteiger partial charge in [-0.1, -0.05) is 6.92 Å². The van der Waals surface area contributed by atoms with Crippen molar-refractivity contribution in [3.8, 4) is 11.1 Å². The highest BCUT2D eigenvalue weighted by Crippen LogP contribution is 2.33. The molecule has 0 aliphatic rings. The van der Waals surface area contributed by atoms with Crippen LogP contribution in [-0.4, -0.2) is 40.1 Å². The number of Topliss-reactive ketones (excluding diaryl/α,β-unsaturated/α-hetero) is 1. The molecule has 0 aromatic carbocycles. The monoisotopic (exact) mass is 437 g/mol. The Morgan fingerprint density at radius 2 is 1.94 bits per heavy atom. The number of aryl methyl sites for hydroxylation is 1. The van der Waals surface area contributed by atoms with Crippen LogP contribution in [0, 0.1) is 0 Å². The second-order valence-corrected chi connectivity index (χ2v) is 7.74. The first-order valence-corrected chi connectivity index (χ1v) is 11.1. The Hall–Kier alpha value is -3.06. The lowest BCUT2D eigenvalue weighted by atomic mass is 9.94. The summed E-state index contributed by atoms with van der Waals surface area (Å²) in [7, 11) is 1.66. The maximum Gasteiger partial charge on any atom is 0.305 e. The Labute approximate surface area is 188 Å². The van der Waals surface area contributed by atoms with Crippen LogP contribution >= 0.6 is 0 Å². The molecule has 3 heterocycles. The molecule has 0 saturated carbocycles. The average Bonchev–Trinajstić information content (AvgIpc) is 3.19. The van der Waals surface area contributed by atoms with Crippen LogP contribution in [0.2, 0.25) is 0 Å². The van der Waals surface area contributed by atoms with Crippen LogP contribution in [0.4, 0.5) is 0 Å². The third-order valence-electron chi connectivity index (χ3n) is 5.50. The molecule has 3 rings (SSSR count). The van der Waals surface area contributed by atoms with Crippen LogP contribution in [0.25, 0.3) is 16.6 Å². The van der Waals surface area contributed by atoms with E-state index < -0.39 is 0 Å². The topological polar surface area (TPSA) is 82.8 Å². The summed E-state index contributed by atoms with van der Waals surface area (Å²) in [5.41, 5.74) is 6.45. The fourth-order valence-corrected chi connectivity index (χ4v) is 3.94. The summed E-state index contributed by atoms with van der Waals surface area (Å²) in [6.45, 7) is 6.22. The molecule has 170 valence electrons. The molecular formula is C25H31N3O4. The van der Waals surface area contributed by atoms with Gasteiger partial charge >= 0.3 is 5.97 Å². The number of carbonyl (C=O) groups excluding carboxylic acids is 2. The van der Waals surface area contributed by atoms with E-state index in [1.807, 2.05) is 17.5 Å². The first-order valence-electron chi connectivity index (χ1n) is 11.1. The lowest BCUT2D eigenvalue weighted by Crippen LogP contribution is -2.10. The van der Waals surface area contributed by atoms with Gasteiger partial charge < -0.3 is 9.47 Å². The molecule has 0 aliphatic carbocycles. The average molecular weight is 438 g/mol. The number of unbranched alkanes of at least 4 members (excludes halogenated alkanes) is 1. The number of esters is 1. The van der Waals surface area contributed by atoms with Gasteiger partial charge in [0, 0.05) is 48.3 Å². The fourth-order valence-electron chi connectivity index (χ4n) is 3.94. The highest BCUT2D eigenvalue weighted by atomic mass is 16.5. The fraction of sp³-hybridized carbons (Fsp3) is 0.440. The van der Waals surface area contributed by atoms with Crippen molar-refractivity contribution in [3.05, 3.63) is 53.1 Å². The van der Waals surface area contributed by atoms with Crippen molar-refractivity contribution in [2.45, 2.75) is 59.5 Å². The van der Waals surface area contributed by atoms with Gasteiger partial charge in [0.25, 0.3) is 0 Å². The van der Waals surface area contributed by atoms with E-state index in [-0.39, 0.29) is 11.8 Å². The van der Waals surface area contributed by atoms with Crippen LogP contribution < -0.4 is 0 Å². The van der Waals surface area contributed by atoms with E-state index >= 15 is 0 Å². The third kappa shape index (κ3) is 5.22. The minimum atomic E-state index is -0.170. The van der Waals surface area contributed by atoms with Crippen molar-refractivity contribution in [3.63, 3.8) is 0 Å². The molecule has 0 spiro atoms. The molecule has 0 aliphatic heterocycles. The molecular weight excluding hydrogens is 406 g/mol. The van der Waals surface area contributed by atoms with E-state index in [1.165, 1.54) is 0 Å². The molecule has 7 heteroatoms. The predicted octanol–water partition coefficient (Wildman–Crippen LogP) is 4.58. The number of carbonyl (C=O) groups is 2. The zero-order valence-corrected chi connectivity index (χ0v) is 19.3. The van der Waals surface area contributed by atoms with Crippen molar-refractivity contribution in [1.82, 2.24) is 14.6 Å². The summed E-state index contributed by atoms with van der Waals surface area (Å²) in [4.78, 5) is 28.1. The molecule has 0 amide bonds. The van der Waals surface area contributed by atoms with E-state index in [9.17, 15) is 9.59 Å². The number of aromatic nitrogens is 3. The second kappa shape index (κ2) is 11.0. The summed E-state index contributed by atoms with van der Waals surface area (Å²) in [5, 5.41) is 4.90. The first-order chi connectivity index (χ1) is 15.5. The van der Waals surface area contributed by atoms with E-state index in [0.717, 1.165) is 59.3 Å². The number of fused-ring (bicyclic) bond motifs is 1. The minimum Gasteiger partial charge on any atom is -0.466 e. The van der Waals surface area contributed by atoms with Gasteiger partial charge in [-0.3, -0.25) is 14.6 Å². The van der Waals surface area contributed by atoms with Crippen LogP contribution in [0.5, 0.6) is 0 Å². The summed E-state index contributed by atoms with van der Waals surface area (Å²) in [6.07, 6.45) is 6.88. The molecule has 0 unspecified atom stereocenters. The summed E-state index contributed by atoms with van der Waals surface area (Å²) >= 11 is 0. The molecule has 0 saturated heterocycles. The zero-order valence-electron chi connectivity index (χ0n) is 19.3. The lowest BCUT2D eigenvalue weighted by Gasteiger charge is -2.17. The number of hydrogen-bond donors (Lipinski definition) is 0. The Kier molecular flexibility index (Phi) is 8.11. The van der Waals surface area contributed by atoms with Gasteiger partial charge in [-0.15, -0.1) is 0 Å². The molecule has 7 nitrogen and oxygen atoms in total. The van der Waals surface area contributed by atoms with Crippen molar-refractivity contribution in [2.75, 3.05) is 13.7 Å². The molecule has 0 atom stereocenters. The van der Waals surface area contributed by atoms with Gasteiger partial charge in [-0.2, -0.15) is 5.10 Å². The van der Waals surface area contributed by atoms with Crippen LogP contribution in [-0.2, 0) is 33.7 Å². The number of nitrogens with zero attached hydrogens (tertiary/aromatic N) is 3. The van der Waals surface area contributed by atoms with E-state index in [1.54, 1.807) is 26.4 Å². The number of ketones is 1. The number of methoxy groups -OCH3 is 1. The highest BCUT2D eigenvalue weighted by molar-refractivity contribution is 5.96. The van der Waals surface area contributed by atoms with E-state index in [0.29, 0.717) is 25.2 Å². The molecule has 0 radical (unpaired) electrons. The molecule has 3 aromatic heterocycles. The zero-order chi connectivity index (χ0) is 23.1. The standard InChI is InChI=1S/C25H31N3O4/c1-5-20-11-12-23-25(19-13-18(17(3)29)14-26-15-19)21(22(16-31-4)27-28(20)23)9-7-8-10-24(30)32-6-2/h11-15H,5-10,16H2,1-4H3. The number of hydrogen-bond acceptors (Lipinski definition) is 6. The van der Waals surface area contributed by atoms with Crippen molar-refractivity contribution >= 4 is 17.3 Å². The third-order valence-corrected chi connectivity index (χ3v) is 5.50. The lowest BCUT2D eigenvalue weighted by molar-refractivity contribution is -0.143. The van der Waals surface area contributed by atoms with Gasteiger partial charge in [-0.05, 0) is 63.3 Å². The van der Waals surface area contributed by atoms with Crippen LogP contribution in [0.3, 0.4) is 0 Å². The summed E-state index contributed by atoms with van der Waals surface area (Å²) < 4.78 is 12.5. The Morgan fingerprint density at radius 3 is 2.62 bits per heavy atom. The predicted molar refractivity (Wildman–Crippen MR) is 123 cm³/mol. The van der Waals surface area contributed by atoms with Gasteiger partial charge in [-0.25, -0.2) is 4.52 Å². The maximum absolute atomic E-state index is 12.0. The smallest absolute Gasteiger partial charge is 0.305 e. The molecule has 3 aromatic rings. The van der Waals surface area contributed by atoms with E-state index in [2.05, 4.69) is 24.0 Å². The Morgan fingerprint density at radius 1 is 1.12 bits per heavy atom. The second-order valence-electron chi connectivity index (χ2n) is 7.74. The summed E-state index contributed by atoms with van der Waals surface area (Å²) in [5.74, 6) is -0.196. The largest absolute Gasteiger partial charge is 0.466 e. The normalized spacial score (nSPS) is 11.1. The Balaban J connectivity index is 2.09. The number of rotatable bonds is 11. The van der Waals surface area contributed by atoms with Crippen molar-refractivity contribution in [1.29, 1.82) is 0 Å². The van der Waals surface area contributed by atoms with Crippen LogP contribution in [0.15, 0.2) is 30.6 Å². The molecule has 32 heavy (non-hydrogen) atoms. The first kappa shape index (κ1) is 23.6. The van der Waals surface area contributed by atoms with Gasteiger partial charge in [0.15, 0.2) is 5.78 Å². The highest BCUT2D eigenvalue weighted by Gasteiger charge is 2.19. The maximum atomic E-state index is 12.0. The number of pyridine rings is 1. The van der Waals surface area contributed by atoms with Gasteiger partial charge in [0.05, 0.1) is 24.4 Å².